The normalized spacial score (nSPS) is 14.7. The van der Waals surface area contributed by atoms with E-state index in [1.807, 2.05) is 33.0 Å². The van der Waals surface area contributed by atoms with Gasteiger partial charge in [0.25, 0.3) is 3.79 Å². The lowest BCUT2D eigenvalue weighted by atomic mass is 10.1. The molecule has 0 aliphatic rings. The van der Waals surface area contributed by atoms with Crippen molar-refractivity contribution >= 4 is 40.7 Å². The third-order valence-corrected chi connectivity index (χ3v) is 2.52. The van der Waals surface area contributed by atoms with Gasteiger partial charge in [0.15, 0.2) is 0 Å². The first-order chi connectivity index (χ1) is 7.06. The molecule has 0 heterocycles. The Morgan fingerprint density at radius 3 is 2.12 bits per heavy atom. The van der Waals surface area contributed by atoms with Crippen LogP contribution in [0.25, 0.3) is 0 Å². The Morgan fingerprint density at radius 2 is 1.81 bits per heavy atom. The molecule has 0 unspecified atom stereocenters. The van der Waals surface area contributed by atoms with Crippen LogP contribution in [0.3, 0.4) is 0 Å². The molecule has 1 atom stereocenters. The zero-order valence-corrected chi connectivity index (χ0v) is 12.4. The molecule has 0 aliphatic carbocycles. The highest BCUT2D eigenvalue weighted by molar-refractivity contribution is 6.68. The summed E-state index contributed by atoms with van der Waals surface area (Å²) in [6, 6.07) is 0. The molecular weight excluding hydrogens is 270 g/mol. The highest BCUT2D eigenvalue weighted by Gasteiger charge is 2.39. The second kappa shape index (κ2) is 6.29. The van der Waals surface area contributed by atoms with Crippen LogP contribution in [0.1, 0.15) is 40.5 Å². The van der Waals surface area contributed by atoms with Gasteiger partial charge in [-0.15, -0.1) is 0 Å². The number of halogens is 3. The Hall–Kier alpha value is 0.300. The Morgan fingerprint density at radius 1 is 1.31 bits per heavy atom. The summed E-state index contributed by atoms with van der Waals surface area (Å²) in [4.78, 5) is 11.5. The van der Waals surface area contributed by atoms with Gasteiger partial charge in [0.2, 0.25) is 12.1 Å². The number of nitrogens with one attached hydrogen (secondary N) is 1. The molecule has 0 rings (SSSR count). The maximum atomic E-state index is 11.5. The van der Waals surface area contributed by atoms with Gasteiger partial charge >= 0.3 is 0 Å². The summed E-state index contributed by atoms with van der Waals surface area (Å²) in [5, 5.41) is 4.56. The van der Waals surface area contributed by atoms with Gasteiger partial charge in [-0.1, -0.05) is 41.7 Å². The van der Waals surface area contributed by atoms with Crippen LogP contribution in [-0.2, 0) is 4.79 Å². The van der Waals surface area contributed by atoms with E-state index in [2.05, 4.69) is 5.32 Å². The van der Waals surface area contributed by atoms with E-state index in [0.29, 0.717) is 6.42 Å². The number of amides is 1. The summed E-state index contributed by atoms with van der Waals surface area (Å²) in [6.07, 6.45) is 0.639. The Labute approximate surface area is 112 Å². The predicted octanol–water partition coefficient (Wildman–Crippen LogP) is 1.96. The van der Waals surface area contributed by atoms with Crippen LogP contribution in [-0.4, -0.2) is 21.4 Å². The zero-order chi connectivity index (χ0) is 13.0. The van der Waals surface area contributed by atoms with Crippen molar-refractivity contribution in [3.63, 3.8) is 0 Å². The maximum absolute atomic E-state index is 11.5. The van der Waals surface area contributed by atoms with E-state index >= 15 is 0 Å². The quantitative estimate of drug-likeness (QED) is 0.603. The SMILES string of the molecule is CCCC(=O)N[C@@H]([NH2+]C(C)(C)C)C(Cl)(Cl)Cl. The van der Waals surface area contributed by atoms with Crippen molar-refractivity contribution in [3.05, 3.63) is 0 Å². The van der Waals surface area contributed by atoms with Crippen LogP contribution in [0.15, 0.2) is 0 Å². The number of hydrogen-bond donors (Lipinski definition) is 2. The lowest BCUT2D eigenvalue weighted by molar-refractivity contribution is -0.749. The van der Waals surface area contributed by atoms with Gasteiger partial charge in [-0.25, -0.2) is 0 Å². The molecular formula is C10H20Cl3N2O+. The van der Waals surface area contributed by atoms with E-state index in [9.17, 15) is 4.79 Å². The fraction of sp³-hybridized carbons (Fsp3) is 0.900. The molecule has 6 heteroatoms. The summed E-state index contributed by atoms with van der Waals surface area (Å²) < 4.78 is -1.52. The van der Waals surface area contributed by atoms with Crippen LogP contribution in [0, 0.1) is 0 Å². The maximum Gasteiger partial charge on any atom is 0.262 e. The van der Waals surface area contributed by atoms with Crippen molar-refractivity contribution in [2.75, 3.05) is 0 Å². The van der Waals surface area contributed by atoms with Gasteiger partial charge in [0.05, 0.1) is 5.54 Å². The number of nitrogens with two attached hydrogens (primary N) is 1. The van der Waals surface area contributed by atoms with E-state index in [-0.39, 0.29) is 11.4 Å². The zero-order valence-electron chi connectivity index (χ0n) is 10.1. The van der Waals surface area contributed by atoms with E-state index < -0.39 is 9.96 Å². The van der Waals surface area contributed by atoms with E-state index in [1.54, 1.807) is 0 Å². The monoisotopic (exact) mass is 289 g/mol. The third kappa shape index (κ3) is 7.55. The summed E-state index contributed by atoms with van der Waals surface area (Å²) in [7, 11) is 0. The van der Waals surface area contributed by atoms with Crippen molar-refractivity contribution in [2.24, 2.45) is 0 Å². The highest BCUT2D eigenvalue weighted by atomic mass is 35.6. The van der Waals surface area contributed by atoms with Gasteiger partial charge in [-0.05, 0) is 27.2 Å². The molecule has 0 aliphatic heterocycles. The number of carbonyl (C=O) groups excluding carboxylic acids is 1. The fourth-order valence-corrected chi connectivity index (χ4v) is 1.54. The smallest absolute Gasteiger partial charge is 0.262 e. The predicted molar refractivity (Wildman–Crippen MR) is 68.8 cm³/mol. The molecule has 3 nitrogen and oxygen atoms in total. The van der Waals surface area contributed by atoms with Crippen molar-refractivity contribution in [1.82, 2.24) is 5.32 Å². The standard InChI is InChI=1S/C10H19Cl3N2O/c1-5-6-7(16)14-8(10(11,12)13)15-9(2,3)4/h8,15H,5-6H2,1-4H3,(H,14,16)/p+1/t8-/m0/s1. The molecule has 0 aromatic heterocycles. The van der Waals surface area contributed by atoms with Crippen LogP contribution in [0.2, 0.25) is 0 Å². The van der Waals surface area contributed by atoms with E-state index in [0.717, 1.165) is 6.42 Å². The van der Waals surface area contributed by atoms with Crippen molar-refractivity contribution < 1.29 is 10.1 Å². The summed E-state index contributed by atoms with van der Waals surface area (Å²) in [5.74, 6) is -0.0978. The van der Waals surface area contributed by atoms with Crippen molar-refractivity contribution in [1.29, 1.82) is 0 Å². The average Bonchev–Trinajstić information content (AvgIpc) is 1.98. The second-order valence-corrected chi connectivity index (χ2v) is 7.24. The molecule has 0 bridgehead atoms. The Bertz CT molecular complexity index is 233. The summed E-state index contributed by atoms with van der Waals surface area (Å²) >= 11 is 17.5. The largest absolute Gasteiger partial charge is 0.319 e. The van der Waals surface area contributed by atoms with E-state index in [4.69, 9.17) is 34.8 Å². The van der Waals surface area contributed by atoms with Crippen molar-refractivity contribution in [2.45, 2.75) is 56.0 Å². The number of alkyl halides is 3. The molecule has 16 heavy (non-hydrogen) atoms. The number of hydrogen-bond acceptors (Lipinski definition) is 1. The number of carbonyl (C=O) groups is 1. The van der Waals surface area contributed by atoms with Gasteiger partial charge in [-0.3, -0.25) is 4.79 Å². The average molecular weight is 291 g/mol. The first-order valence-corrected chi connectivity index (χ1v) is 6.41. The first-order valence-electron chi connectivity index (χ1n) is 5.28. The van der Waals surface area contributed by atoms with Crippen LogP contribution in [0.4, 0.5) is 0 Å². The van der Waals surface area contributed by atoms with Crippen molar-refractivity contribution in [3.8, 4) is 0 Å². The molecule has 0 aromatic rings. The summed E-state index contributed by atoms with van der Waals surface area (Å²) in [5.41, 5.74) is -0.131. The van der Waals surface area contributed by atoms with Crippen LogP contribution >= 0.6 is 34.8 Å². The minimum atomic E-state index is -1.52. The third-order valence-electron chi connectivity index (χ3n) is 1.81. The van der Waals surface area contributed by atoms with Gasteiger partial charge < -0.3 is 10.6 Å². The molecule has 0 fully saturated rings. The molecule has 0 saturated carbocycles. The summed E-state index contributed by atoms with van der Waals surface area (Å²) in [6.45, 7) is 7.89. The van der Waals surface area contributed by atoms with E-state index in [1.165, 1.54) is 0 Å². The highest BCUT2D eigenvalue weighted by Crippen LogP contribution is 2.27. The molecule has 1 amide bonds. The molecule has 0 aromatic carbocycles. The lowest BCUT2D eigenvalue weighted by Crippen LogP contribution is -3.03. The van der Waals surface area contributed by atoms with Crippen LogP contribution in [0.5, 0.6) is 0 Å². The lowest BCUT2D eigenvalue weighted by Gasteiger charge is -2.29. The molecule has 96 valence electrons. The molecule has 3 N–H and O–H groups in total. The minimum absolute atomic E-state index is 0.0978. The Balaban J connectivity index is 4.52. The van der Waals surface area contributed by atoms with Gasteiger partial charge in [-0.2, -0.15) is 0 Å². The minimum Gasteiger partial charge on any atom is -0.319 e. The van der Waals surface area contributed by atoms with Gasteiger partial charge in [0.1, 0.15) is 0 Å². The number of quaternary nitrogens is 1. The first kappa shape index (κ1) is 16.3. The molecule has 0 saturated heterocycles. The van der Waals surface area contributed by atoms with Crippen LogP contribution < -0.4 is 10.6 Å². The Kier molecular flexibility index (Phi) is 6.41. The topological polar surface area (TPSA) is 45.7 Å². The fourth-order valence-electron chi connectivity index (χ4n) is 1.19. The second-order valence-electron chi connectivity index (χ2n) is 4.87. The number of rotatable bonds is 4. The molecule has 0 spiro atoms. The van der Waals surface area contributed by atoms with Gasteiger partial charge in [0, 0.05) is 6.42 Å². The molecule has 0 radical (unpaired) electrons.